The molecule has 0 bridgehead atoms. The molecule has 0 unspecified atom stereocenters. The summed E-state index contributed by atoms with van der Waals surface area (Å²) in [6.45, 7) is 5.46. The molecule has 2 aromatic rings. The van der Waals surface area contributed by atoms with Crippen molar-refractivity contribution in [2.45, 2.75) is 13.5 Å². The van der Waals surface area contributed by atoms with Crippen LogP contribution in [0.25, 0.3) is 0 Å². The van der Waals surface area contributed by atoms with E-state index in [4.69, 9.17) is 16.3 Å². The fourth-order valence-corrected chi connectivity index (χ4v) is 2.87. The average molecular weight is 327 g/mol. The van der Waals surface area contributed by atoms with Crippen molar-refractivity contribution >= 4 is 34.8 Å². The Labute approximate surface area is 131 Å². The van der Waals surface area contributed by atoms with Gasteiger partial charge in [-0.3, -0.25) is 0 Å². The van der Waals surface area contributed by atoms with Gasteiger partial charge in [0.1, 0.15) is 0 Å². The molecule has 1 aliphatic rings. The van der Waals surface area contributed by atoms with E-state index >= 15 is 0 Å². The van der Waals surface area contributed by atoms with Gasteiger partial charge in [0.25, 0.3) is 0 Å². The smallest absolute Gasteiger partial charge is 0.231 e. The molecule has 1 N–H and O–H groups in total. The van der Waals surface area contributed by atoms with Crippen LogP contribution in [0.4, 0.5) is 11.9 Å². The van der Waals surface area contributed by atoms with Crippen molar-refractivity contribution in [2.75, 3.05) is 36.5 Å². The second kappa shape index (κ2) is 6.50. The first-order chi connectivity index (χ1) is 10.2. The molecule has 112 valence electrons. The van der Waals surface area contributed by atoms with Crippen LogP contribution < -0.4 is 10.2 Å². The van der Waals surface area contributed by atoms with Gasteiger partial charge < -0.3 is 15.0 Å². The van der Waals surface area contributed by atoms with Crippen LogP contribution in [0.3, 0.4) is 0 Å². The number of morpholine rings is 1. The molecular weight excluding hydrogens is 312 g/mol. The van der Waals surface area contributed by atoms with Gasteiger partial charge in [0.2, 0.25) is 17.2 Å². The maximum absolute atomic E-state index is 5.99. The molecule has 7 nitrogen and oxygen atoms in total. The molecule has 9 heteroatoms. The summed E-state index contributed by atoms with van der Waals surface area (Å²) in [5, 5.41) is 4.39. The number of ether oxygens (including phenoxy) is 1. The van der Waals surface area contributed by atoms with Crippen LogP contribution in [0.15, 0.2) is 6.20 Å². The summed E-state index contributed by atoms with van der Waals surface area (Å²) >= 11 is 7.62. The van der Waals surface area contributed by atoms with Gasteiger partial charge in [-0.05, 0) is 18.5 Å². The van der Waals surface area contributed by atoms with E-state index in [0.29, 0.717) is 31.7 Å². The van der Waals surface area contributed by atoms with Gasteiger partial charge >= 0.3 is 0 Å². The number of nitrogens with one attached hydrogen (secondary N) is 1. The van der Waals surface area contributed by atoms with Gasteiger partial charge in [0.05, 0.1) is 24.8 Å². The molecule has 0 atom stereocenters. The number of aromatic nitrogens is 4. The highest BCUT2D eigenvalue weighted by Gasteiger charge is 2.16. The Morgan fingerprint density at radius 3 is 2.86 bits per heavy atom. The first-order valence-electron chi connectivity index (χ1n) is 6.60. The Morgan fingerprint density at radius 1 is 1.33 bits per heavy atom. The predicted molar refractivity (Wildman–Crippen MR) is 82.0 cm³/mol. The van der Waals surface area contributed by atoms with Gasteiger partial charge in [-0.2, -0.15) is 15.0 Å². The third-order valence-corrected chi connectivity index (χ3v) is 4.06. The number of rotatable bonds is 4. The zero-order chi connectivity index (χ0) is 14.7. The van der Waals surface area contributed by atoms with Crippen LogP contribution in [-0.2, 0) is 11.3 Å². The minimum Gasteiger partial charge on any atom is -0.378 e. The van der Waals surface area contributed by atoms with Crippen molar-refractivity contribution in [3.63, 3.8) is 0 Å². The van der Waals surface area contributed by atoms with E-state index in [0.717, 1.165) is 23.0 Å². The van der Waals surface area contributed by atoms with E-state index in [2.05, 4.69) is 25.3 Å². The molecule has 1 saturated heterocycles. The van der Waals surface area contributed by atoms with Crippen LogP contribution in [0.5, 0.6) is 0 Å². The topological polar surface area (TPSA) is 76.1 Å². The molecule has 0 radical (unpaired) electrons. The van der Waals surface area contributed by atoms with E-state index in [-0.39, 0.29) is 5.28 Å². The fourth-order valence-electron chi connectivity index (χ4n) is 1.98. The molecule has 0 amide bonds. The quantitative estimate of drug-likeness (QED) is 0.917. The van der Waals surface area contributed by atoms with Crippen molar-refractivity contribution in [1.29, 1.82) is 0 Å². The van der Waals surface area contributed by atoms with E-state index in [9.17, 15) is 0 Å². The molecule has 0 saturated carbocycles. The van der Waals surface area contributed by atoms with Crippen molar-refractivity contribution in [2.24, 2.45) is 0 Å². The lowest BCUT2D eigenvalue weighted by molar-refractivity contribution is 0.122. The molecule has 21 heavy (non-hydrogen) atoms. The molecule has 3 heterocycles. The number of nitrogens with zero attached hydrogens (tertiary/aromatic N) is 5. The molecule has 1 fully saturated rings. The molecule has 2 aromatic heterocycles. The Kier molecular flexibility index (Phi) is 4.47. The number of hydrogen-bond donors (Lipinski definition) is 1. The van der Waals surface area contributed by atoms with Crippen LogP contribution >= 0.6 is 22.9 Å². The highest BCUT2D eigenvalue weighted by molar-refractivity contribution is 7.11. The van der Waals surface area contributed by atoms with Gasteiger partial charge in [-0.25, -0.2) is 4.98 Å². The maximum Gasteiger partial charge on any atom is 0.231 e. The zero-order valence-corrected chi connectivity index (χ0v) is 13.1. The van der Waals surface area contributed by atoms with Crippen molar-refractivity contribution in [3.05, 3.63) is 21.4 Å². The maximum atomic E-state index is 5.99. The zero-order valence-electron chi connectivity index (χ0n) is 11.5. The summed E-state index contributed by atoms with van der Waals surface area (Å²) in [4.78, 5) is 20.1. The number of hydrogen-bond acceptors (Lipinski definition) is 8. The second-order valence-corrected chi connectivity index (χ2v) is 6.18. The van der Waals surface area contributed by atoms with Crippen molar-refractivity contribution in [3.8, 4) is 0 Å². The Morgan fingerprint density at radius 2 is 2.14 bits per heavy atom. The average Bonchev–Trinajstić information content (AvgIpc) is 2.91. The highest BCUT2D eigenvalue weighted by Crippen LogP contribution is 2.17. The minimum absolute atomic E-state index is 0.189. The molecular formula is C12H15ClN6OS. The standard InChI is InChI=1S/C12H15ClN6OS/c1-8-14-6-9(21-8)7-15-11-16-10(13)17-12(18-11)19-2-4-20-5-3-19/h6H,2-5,7H2,1H3,(H,15,16,17,18). The first kappa shape index (κ1) is 14.4. The van der Waals surface area contributed by atoms with E-state index < -0.39 is 0 Å². The third-order valence-electron chi connectivity index (χ3n) is 2.98. The largest absolute Gasteiger partial charge is 0.378 e. The second-order valence-electron chi connectivity index (χ2n) is 4.53. The summed E-state index contributed by atoms with van der Waals surface area (Å²) in [7, 11) is 0. The first-order valence-corrected chi connectivity index (χ1v) is 7.79. The summed E-state index contributed by atoms with van der Waals surface area (Å²) in [5.41, 5.74) is 0. The summed E-state index contributed by atoms with van der Waals surface area (Å²) in [6, 6.07) is 0. The lowest BCUT2D eigenvalue weighted by Crippen LogP contribution is -2.37. The molecule has 0 aromatic carbocycles. The monoisotopic (exact) mass is 326 g/mol. The SMILES string of the molecule is Cc1ncc(CNc2nc(Cl)nc(N3CCOCC3)n2)s1. The van der Waals surface area contributed by atoms with Crippen LogP contribution in [0.1, 0.15) is 9.88 Å². The minimum atomic E-state index is 0.189. The van der Waals surface area contributed by atoms with Gasteiger partial charge in [0.15, 0.2) is 0 Å². The predicted octanol–water partition coefficient (Wildman–Crippen LogP) is 1.74. The van der Waals surface area contributed by atoms with Crippen LogP contribution in [-0.4, -0.2) is 46.2 Å². The van der Waals surface area contributed by atoms with Crippen LogP contribution in [0.2, 0.25) is 5.28 Å². The lowest BCUT2D eigenvalue weighted by atomic mass is 10.4. The number of thiazole rings is 1. The van der Waals surface area contributed by atoms with E-state index in [1.165, 1.54) is 0 Å². The van der Waals surface area contributed by atoms with Gasteiger partial charge in [0, 0.05) is 24.2 Å². The summed E-state index contributed by atoms with van der Waals surface area (Å²) < 4.78 is 5.32. The molecule has 3 rings (SSSR count). The van der Waals surface area contributed by atoms with E-state index in [1.807, 2.05) is 18.0 Å². The summed E-state index contributed by atoms with van der Waals surface area (Å²) in [6.07, 6.45) is 1.85. The van der Waals surface area contributed by atoms with E-state index in [1.54, 1.807) is 11.3 Å². The van der Waals surface area contributed by atoms with Gasteiger partial charge in [-0.1, -0.05) is 0 Å². The Hall–Kier alpha value is -1.51. The lowest BCUT2D eigenvalue weighted by Gasteiger charge is -2.26. The number of anilines is 2. The number of halogens is 1. The molecule has 1 aliphatic heterocycles. The third kappa shape index (κ3) is 3.78. The normalized spacial score (nSPS) is 15.2. The highest BCUT2D eigenvalue weighted by atomic mass is 35.5. The molecule has 0 aliphatic carbocycles. The van der Waals surface area contributed by atoms with Crippen molar-refractivity contribution < 1.29 is 4.74 Å². The Balaban J connectivity index is 1.71. The van der Waals surface area contributed by atoms with Crippen LogP contribution in [0, 0.1) is 6.92 Å². The summed E-state index contributed by atoms with van der Waals surface area (Å²) in [5.74, 6) is 1.06. The Bertz CT molecular complexity index is 616. The van der Waals surface area contributed by atoms with Crippen molar-refractivity contribution in [1.82, 2.24) is 19.9 Å². The van der Waals surface area contributed by atoms with Gasteiger partial charge in [-0.15, -0.1) is 11.3 Å². The number of aryl methyl sites for hydroxylation is 1. The fraction of sp³-hybridized carbons (Fsp3) is 0.500. The molecule has 0 spiro atoms.